The average molecular weight is 440 g/mol. The van der Waals surface area contributed by atoms with Crippen LogP contribution in [0.25, 0.3) is 6.08 Å². The van der Waals surface area contributed by atoms with Crippen molar-refractivity contribution >= 4 is 17.9 Å². The molecule has 2 amide bonds. The molecular weight excluding hydrogens is 412 g/mol. The third-order valence-electron chi connectivity index (χ3n) is 5.38. The number of rotatable bonds is 7. The van der Waals surface area contributed by atoms with Crippen molar-refractivity contribution < 1.29 is 28.5 Å². The Hall–Kier alpha value is -3.68. The zero-order valence-electron chi connectivity index (χ0n) is 19.1. The molecule has 1 aliphatic heterocycles. The largest absolute Gasteiger partial charge is 0.497 e. The van der Waals surface area contributed by atoms with Crippen molar-refractivity contribution in [1.82, 2.24) is 10.2 Å². The SMILES string of the molecule is COc1ccc(CN2C(=O)[C@H](C)NC(=O)/C2=C/c2cc(OC)c(OC)c(C)c2OC)cc1. The molecule has 2 aromatic rings. The van der Waals surface area contributed by atoms with E-state index in [1.165, 1.54) is 12.0 Å². The number of nitrogens with one attached hydrogen (secondary N) is 1. The van der Waals surface area contributed by atoms with Crippen LogP contribution in [0.2, 0.25) is 0 Å². The van der Waals surface area contributed by atoms with Crippen molar-refractivity contribution in [2.75, 3.05) is 28.4 Å². The van der Waals surface area contributed by atoms with Gasteiger partial charge in [-0.2, -0.15) is 0 Å². The molecule has 1 heterocycles. The molecule has 0 bridgehead atoms. The van der Waals surface area contributed by atoms with Crippen molar-refractivity contribution in [3.63, 3.8) is 0 Å². The summed E-state index contributed by atoms with van der Waals surface area (Å²) in [6, 6.07) is 8.45. The molecule has 0 spiro atoms. The van der Waals surface area contributed by atoms with Crippen LogP contribution in [0.1, 0.15) is 23.6 Å². The Morgan fingerprint density at radius 2 is 1.62 bits per heavy atom. The van der Waals surface area contributed by atoms with Crippen molar-refractivity contribution in [2.45, 2.75) is 26.4 Å². The lowest BCUT2D eigenvalue weighted by Gasteiger charge is -2.33. The molecule has 0 saturated carbocycles. The summed E-state index contributed by atoms with van der Waals surface area (Å²) in [5.74, 6) is 1.72. The van der Waals surface area contributed by atoms with Gasteiger partial charge in [-0.3, -0.25) is 9.59 Å². The van der Waals surface area contributed by atoms with E-state index >= 15 is 0 Å². The lowest BCUT2D eigenvalue weighted by atomic mass is 10.0. The van der Waals surface area contributed by atoms with Gasteiger partial charge in [0.2, 0.25) is 5.91 Å². The summed E-state index contributed by atoms with van der Waals surface area (Å²) in [5, 5.41) is 2.72. The predicted octanol–water partition coefficient (Wildman–Crippen LogP) is 2.92. The Morgan fingerprint density at radius 3 is 2.19 bits per heavy atom. The maximum Gasteiger partial charge on any atom is 0.268 e. The molecule has 8 heteroatoms. The van der Waals surface area contributed by atoms with Gasteiger partial charge in [0.15, 0.2) is 11.5 Å². The van der Waals surface area contributed by atoms with Crippen LogP contribution in [0.3, 0.4) is 0 Å². The van der Waals surface area contributed by atoms with Gasteiger partial charge in [0.1, 0.15) is 23.2 Å². The lowest BCUT2D eigenvalue weighted by molar-refractivity contribution is -0.140. The third kappa shape index (κ3) is 4.34. The van der Waals surface area contributed by atoms with Gasteiger partial charge >= 0.3 is 0 Å². The minimum atomic E-state index is -0.632. The van der Waals surface area contributed by atoms with E-state index < -0.39 is 6.04 Å². The molecule has 1 saturated heterocycles. The van der Waals surface area contributed by atoms with Gasteiger partial charge in [0.25, 0.3) is 5.91 Å². The molecule has 1 fully saturated rings. The Balaban J connectivity index is 2.10. The second-order valence-corrected chi connectivity index (χ2v) is 7.36. The normalized spacial score (nSPS) is 17.2. The maximum atomic E-state index is 13.0. The molecule has 1 atom stereocenters. The van der Waals surface area contributed by atoms with Gasteiger partial charge < -0.3 is 29.2 Å². The van der Waals surface area contributed by atoms with Crippen LogP contribution in [-0.2, 0) is 16.1 Å². The molecule has 0 radical (unpaired) electrons. The van der Waals surface area contributed by atoms with Crippen molar-refractivity contribution in [3.05, 3.63) is 52.7 Å². The first kappa shape index (κ1) is 23.0. The number of carbonyl (C=O) groups excluding carboxylic acids is 2. The van der Waals surface area contributed by atoms with Gasteiger partial charge in [-0.05, 0) is 43.7 Å². The smallest absolute Gasteiger partial charge is 0.268 e. The predicted molar refractivity (Wildman–Crippen MR) is 120 cm³/mol. The number of ether oxygens (including phenoxy) is 4. The first-order valence-electron chi connectivity index (χ1n) is 10.1. The molecule has 2 aromatic carbocycles. The Kier molecular flexibility index (Phi) is 6.92. The Bertz CT molecular complexity index is 1050. The first-order valence-corrected chi connectivity index (χ1v) is 10.1. The van der Waals surface area contributed by atoms with Gasteiger partial charge in [-0.1, -0.05) is 12.1 Å². The molecule has 8 nitrogen and oxygen atoms in total. The highest BCUT2D eigenvalue weighted by Crippen LogP contribution is 2.41. The molecule has 1 aliphatic rings. The van der Waals surface area contributed by atoms with E-state index in [1.807, 2.05) is 31.2 Å². The fourth-order valence-corrected chi connectivity index (χ4v) is 3.73. The quantitative estimate of drug-likeness (QED) is 0.667. The summed E-state index contributed by atoms with van der Waals surface area (Å²) in [5.41, 5.74) is 2.39. The second-order valence-electron chi connectivity index (χ2n) is 7.36. The van der Waals surface area contributed by atoms with E-state index in [4.69, 9.17) is 18.9 Å². The number of hydrogen-bond donors (Lipinski definition) is 1. The summed E-state index contributed by atoms with van der Waals surface area (Å²) in [6.07, 6.45) is 1.64. The Morgan fingerprint density at radius 1 is 0.969 bits per heavy atom. The molecule has 170 valence electrons. The number of carbonyl (C=O) groups is 2. The molecular formula is C24H28N2O6. The van der Waals surface area contributed by atoms with E-state index in [1.54, 1.807) is 40.4 Å². The van der Waals surface area contributed by atoms with Gasteiger partial charge in [0, 0.05) is 11.1 Å². The fourth-order valence-electron chi connectivity index (χ4n) is 3.73. The van der Waals surface area contributed by atoms with E-state index in [9.17, 15) is 9.59 Å². The lowest BCUT2D eigenvalue weighted by Crippen LogP contribution is -2.54. The zero-order valence-corrected chi connectivity index (χ0v) is 19.1. The molecule has 0 aromatic heterocycles. The number of amides is 2. The number of nitrogens with zero attached hydrogens (tertiary/aromatic N) is 1. The third-order valence-corrected chi connectivity index (χ3v) is 5.38. The number of piperazine rings is 1. The molecule has 0 aliphatic carbocycles. The van der Waals surface area contributed by atoms with E-state index in [-0.39, 0.29) is 24.1 Å². The van der Waals surface area contributed by atoms with Crippen LogP contribution in [0, 0.1) is 6.92 Å². The number of methoxy groups -OCH3 is 4. The summed E-state index contributed by atoms with van der Waals surface area (Å²) >= 11 is 0. The number of hydrogen-bond acceptors (Lipinski definition) is 6. The summed E-state index contributed by atoms with van der Waals surface area (Å²) in [4.78, 5) is 27.4. The highest BCUT2D eigenvalue weighted by Gasteiger charge is 2.34. The molecule has 1 N–H and O–H groups in total. The van der Waals surface area contributed by atoms with E-state index in [2.05, 4.69) is 5.32 Å². The zero-order chi connectivity index (χ0) is 23.4. The minimum absolute atomic E-state index is 0.206. The van der Waals surface area contributed by atoms with Crippen molar-refractivity contribution in [2.24, 2.45) is 0 Å². The summed E-state index contributed by atoms with van der Waals surface area (Å²) in [7, 11) is 6.22. The van der Waals surface area contributed by atoms with Crippen molar-refractivity contribution in [3.8, 4) is 23.0 Å². The van der Waals surface area contributed by atoms with Gasteiger partial charge in [-0.15, -0.1) is 0 Å². The molecule has 32 heavy (non-hydrogen) atoms. The van der Waals surface area contributed by atoms with Crippen LogP contribution in [-0.4, -0.2) is 51.2 Å². The molecule has 3 rings (SSSR count). The molecule has 0 unspecified atom stereocenters. The maximum absolute atomic E-state index is 13.0. The van der Waals surface area contributed by atoms with Crippen LogP contribution >= 0.6 is 0 Å². The first-order chi connectivity index (χ1) is 15.3. The minimum Gasteiger partial charge on any atom is -0.497 e. The van der Waals surface area contributed by atoms with Crippen LogP contribution < -0.4 is 24.3 Å². The second kappa shape index (κ2) is 9.64. The van der Waals surface area contributed by atoms with Gasteiger partial charge in [0.05, 0.1) is 35.0 Å². The number of benzene rings is 2. The van der Waals surface area contributed by atoms with Crippen LogP contribution in [0.4, 0.5) is 0 Å². The van der Waals surface area contributed by atoms with E-state index in [0.29, 0.717) is 28.6 Å². The van der Waals surface area contributed by atoms with Crippen molar-refractivity contribution in [1.29, 1.82) is 0 Å². The summed E-state index contributed by atoms with van der Waals surface area (Å²) in [6.45, 7) is 3.74. The topological polar surface area (TPSA) is 86.3 Å². The summed E-state index contributed by atoms with van der Waals surface area (Å²) < 4.78 is 21.7. The van der Waals surface area contributed by atoms with Crippen LogP contribution in [0.15, 0.2) is 36.0 Å². The highest BCUT2D eigenvalue weighted by atomic mass is 16.5. The fraction of sp³-hybridized carbons (Fsp3) is 0.333. The monoisotopic (exact) mass is 440 g/mol. The van der Waals surface area contributed by atoms with E-state index in [0.717, 1.165) is 11.1 Å². The highest BCUT2D eigenvalue weighted by molar-refractivity contribution is 6.07. The standard InChI is InChI=1S/C24H28N2O6/c1-14-21(31-5)17(12-20(30-4)22(14)32-6)11-19-23(27)25-15(2)24(28)26(19)13-16-7-9-18(29-3)10-8-16/h7-12,15H,13H2,1-6H3,(H,25,27)/b19-11-/t15-/m0/s1. The average Bonchev–Trinajstić information content (AvgIpc) is 2.79. The van der Waals surface area contributed by atoms with Gasteiger partial charge in [-0.25, -0.2) is 0 Å². The van der Waals surface area contributed by atoms with Crippen LogP contribution in [0.5, 0.6) is 23.0 Å². The Labute approximate surface area is 187 Å².